The highest BCUT2D eigenvalue weighted by Crippen LogP contribution is 2.48. The molecule has 4 rings (SSSR count). The molecule has 0 atom stereocenters. The molecule has 0 aliphatic carbocycles. The number of hydrogen-bond donors (Lipinski definition) is 0. The summed E-state index contributed by atoms with van der Waals surface area (Å²) in [5.41, 5.74) is 2.10. The first kappa shape index (κ1) is 21.4. The van der Waals surface area contributed by atoms with Crippen LogP contribution in [0.3, 0.4) is 0 Å². The third-order valence-electron chi connectivity index (χ3n) is 6.04. The molecule has 2 aliphatic rings. The minimum atomic E-state index is -3.26. The van der Waals surface area contributed by atoms with Crippen LogP contribution in [0.1, 0.15) is 26.2 Å². The molecule has 2 aliphatic heterocycles. The van der Waals surface area contributed by atoms with E-state index in [0.29, 0.717) is 10.7 Å². The number of anilines is 2. The minimum Gasteiger partial charge on any atom is -0.340 e. The molecule has 0 unspecified atom stereocenters. The van der Waals surface area contributed by atoms with E-state index < -0.39 is 9.84 Å². The van der Waals surface area contributed by atoms with Gasteiger partial charge in [0.1, 0.15) is 5.78 Å². The number of rotatable bonds is 6. The van der Waals surface area contributed by atoms with Crippen LogP contribution in [-0.4, -0.2) is 51.5 Å². The number of nitrogens with zero attached hydrogens (tertiary/aromatic N) is 2. The zero-order valence-corrected chi connectivity index (χ0v) is 19.1. The quantitative estimate of drug-likeness (QED) is 0.659. The van der Waals surface area contributed by atoms with E-state index in [9.17, 15) is 13.2 Å². The second kappa shape index (κ2) is 8.73. The standard InChI is InChI=1S/C23H28N2O3S2/c1-17(26)18-10-14-24(15-11-18)12-5-13-25-20-6-3-4-7-22(20)29-23-9-8-19(16-21(23)25)30(2,27)28/h3-4,6-9,16,18H,5,10-15H2,1-2H3. The average Bonchev–Trinajstić information content (AvgIpc) is 2.72. The Bertz CT molecular complexity index is 1040. The molecule has 0 radical (unpaired) electrons. The van der Waals surface area contributed by atoms with Gasteiger partial charge in [0.05, 0.1) is 16.3 Å². The third-order valence-corrected chi connectivity index (χ3v) is 8.28. The van der Waals surface area contributed by atoms with Crippen LogP contribution in [0.4, 0.5) is 11.4 Å². The van der Waals surface area contributed by atoms with Gasteiger partial charge in [0.25, 0.3) is 0 Å². The number of sulfone groups is 1. The number of carbonyl (C=O) groups excluding carboxylic acids is 1. The maximum absolute atomic E-state index is 12.1. The first-order valence-electron chi connectivity index (χ1n) is 10.4. The molecule has 2 heterocycles. The van der Waals surface area contributed by atoms with Crippen molar-refractivity contribution >= 4 is 38.8 Å². The summed E-state index contributed by atoms with van der Waals surface area (Å²) in [6.07, 6.45) is 4.15. The fourth-order valence-electron chi connectivity index (χ4n) is 4.30. The Labute approximate surface area is 183 Å². The maximum Gasteiger partial charge on any atom is 0.175 e. The van der Waals surface area contributed by atoms with Crippen LogP contribution in [0.15, 0.2) is 57.2 Å². The number of carbonyl (C=O) groups is 1. The van der Waals surface area contributed by atoms with E-state index in [1.807, 2.05) is 24.3 Å². The molecular formula is C23H28N2O3S2. The first-order chi connectivity index (χ1) is 14.3. The summed E-state index contributed by atoms with van der Waals surface area (Å²) >= 11 is 1.69. The zero-order valence-electron chi connectivity index (χ0n) is 17.5. The Kier molecular flexibility index (Phi) is 6.23. The van der Waals surface area contributed by atoms with Gasteiger partial charge in [0.2, 0.25) is 0 Å². The van der Waals surface area contributed by atoms with E-state index in [-0.39, 0.29) is 5.92 Å². The van der Waals surface area contributed by atoms with Gasteiger partial charge in [-0.3, -0.25) is 4.79 Å². The summed E-state index contributed by atoms with van der Waals surface area (Å²) in [7, 11) is -3.26. The first-order valence-corrected chi connectivity index (χ1v) is 13.1. The molecule has 0 bridgehead atoms. The SMILES string of the molecule is CC(=O)C1CCN(CCCN2c3ccccc3Sc3ccc(S(C)(=O)=O)cc32)CC1. The predicted molar refractivity (Wildman–Crippen MR) is 122 cm³/mol. The summed E-state index contributed by atoms with van der Waals surface area (Å²) in [5.74, 6) is 0.545. The molecule has 0 saturated carbocycles. The molecule has 1 saturated heterocycles. The van der Waals surface area contributed by atoms with E-state index in [2.05, 4.69) is 21.9 Å². The summed E-state index contributed by atoms with van der Waals surface area (Å²) in [6.45, 7) is 5.47. The van der Waals surface area contributed by atoms with E-state index >= 15 is 0 Å². The number of piperidine rings is 1. The van der Waals surface area contributed by atoms with Crippen molar-refractivity contribution in [1.82, 2.24) is 4.90 Å². The normalized spacial score (nSPS) is 17.5. The van der Waals surface area contributed by atoms with Gasteiger partial charge >= 0.3 is 0 Å². The number of para-hydroxylation sites is 1. The van der Waals surface area contributed by atoms with E-state index in [1.165, 1.54) is 11.2 Å². The van der Waals surface area contributed by atoms with Crippen molar-refractivity contribution in [3.05, 3.63) is 42.5 Å². The number of Topliss-reactive ketones (excluding diaryl/α,β-unsaturated/α-hetero) is 1. The fourth-order valence-corrected chi connectivity index (χ4v) is 6.01. The molecule has 1 fully saturated rings. The Morgan fingerprint density at radius 3 is 2.43 bits per heavy atom. The number of ketones is 1. The van der Waals surface area contributed by atoms with Gasteiger partial charge < -0.3 is 9.80 Å². The van der Waals surface area contributed by atoms with Crippen LogP contribution < -0.4 is 4.90 Å². The van der Waals surface area contributed by atoms with Crippen LogP contribution in [0.5, 0.6) is 0 Å². The molecule has 7 heteroatoms. The second-order valence-corrected chi connectivity index (χ2v) is 11.3. The highest BCUT2D eigenvalue weighted by Gasteiger charge is 2.26. The van der Waals surface area contributed by atoms with Crippen molar-refractivity contribution < 1.29 is 13.2 Å². The molecule has 160 valence electrons. The number of hydrogen-bond acceptors (Lipinski definition) is 6. The van der Waals surface area contributed by atoms with Crippen molar-refractivity contribution in [3.63, 3.8) is 0 Å². The van der Waals surface area contributed by atoms with E-state index in [4.69, 9.17) is 0 Å². The van der Waals surface area contributed by atoms with Crippen LogP contribution in [-0.2, 0) is 14.6 Å². The number of benzene rings is 2. The van der Waals surface area contributed by atoms with Gasteiger partial charge in [-0.25, -0.2) is 8.42 Å². The lowest BCUT2D eigenvalue weighted by atomic mass is 9.93. The molecule has 0 aromatic heterocycles. The minimum absolute atomic E-state index is 0.230. The lowest BCUT2D eigenvalue weighted by Gasteiger charge is -2.35. The van der Waals surface area contributed by atoms with Gasteiger partial charge in [0, 0.05) is 28.5 Å². The molecular weight excluding hydrogens is 416 g/mol. The lowest BCUT2D eigenvalue weighted by molar-refractivity contribution is -0.122. The number of likely N-dealkylation sites (tertiary alicyclic amines) is 1. The van der Waals surface area contributed by atoms with Crippen LogP contribution >= 0.6 is 11.8 Å². The highest BCUT2D eigenvalue weighted by molar-refractivity contribution is 7.99. The van der Waals surface area contributed by atoms with Gasteiger partial charge in [-0.05, 0) is 76.2 Å². The van der Waals surface area contributed by atoms with Crippen LogP contribution in [0.25, 0.3) is 0 Å². The van der Waals surface area contributed by atoms with Gasteiger partial charge in [-0.1, -0.05) is 23.9 Å². The summed E-state index contributed by atoms with van der Waals surface area (Å²) in [5, 5.41) is 0. The number of fused-ring (bicyclic) bond motifs is 2. The zero-order chi connectivity index (χ0) is 21.3. The van der Waals surface area contributed by atoms with E-state index in [1.54, 1.807) is 24.8 Å². The Hall–Kier alpha value is -1.83. The highest BCUT2D eigenvalue weighted by atomic mass is 32.2. The Morgan fingerprint density at radius 2 is 1.73 bits per heavy atom. The summed E-state index contributed by atoms with van der Waals surface area (Å²) < 4.78 is 24.2. The monoisotopic (exact) mass is 444 g/mol. The molecule has 0 N–H and O–H groups in total. The molecule has 2 aromatic rings. The summed E-state index contributed by atoms with van der Waals surface area (Å²) in [6, 6.07) is 13.7. The van der Waals surface area contributed by atoms with Crippen LogP contribution in [0, 0.1) is 5.92 Å². The Balaban J connectivity index is 1.50. The fraction of sp³-hybridized carbons (Fsp3) is 0.435. The van der Waals surface area contributed by atoms with Crippen molar-refractivity contribution in [2.45, 2.75) is 40.9 Å². The summed E-state index contributed by atoms with van der Waals surface area (Å²) in [4.78, 5) is 18.9. The molecule has 0 spiro atoms. The van der Waals surface area contributed by atoms with Crippen LogP contribution in [0.2, 0.25) is 0 Å². The van der Waals surface area contributed by atoms with Crippen molar-refractivity contribution in [2.75, 3.05) is 37.3 Å². The van der Waals surface area contributed by atoms with Gasteiger partial charge in [-0.15, -0.1) is 0 Å². The van der Waals surface area contributed by atoms with Crippen molar-refractivity contribution in [1.29, 1.82) is 0 Å². The van der Waals surface area contributed by atoms with Crippen molar-refractivity contribution in [2.24, 2.45) is 5.92 Å². The topological polar surface area (TPSA) is 57.7 Å². The second-order valence-electron chi connectivity index (χ2n) is 8.20. The third kappa shape index (κ3) is 4.58. The van der Waals surface area contributed by atoms with Gasteiger partial charge in [0.15, 0.2) is 9.84 Å². The smallest absolute Gasteiger partial charge is 0.175 e. The largest absolute Gasteiger partial charge is 0.340 e. The van der Waals surface area contributed by atoms with E-state index in [0.717, 1.165) is 61.7 Å². The predicted octanol–water partition coefficient (Wildman–Crippen LogP) is 4.38. The Morgan fingerprint density at radius 1 is 1.03 bits per heavy atom. The maximum atomic E-state index is 12.1. The average molecular weight is 445 g/mol. The van der Waals surface area contributed by atoms with Crippen molar-refractivity contribution in [3.8, 4) is 0 Å². The molecule has 0 amide bonds. The lowest BCUT2D eigenvalue weighted by Crippen LogP contribution is -2.37. The molecule has 2 aromatic carbocycles. The molecule has 30 heavy (non-hydrogen) atoms. The molecule has 5 nitrogen and oxygen atoms in total. The van der Waals surface area contributed by atoms with Gasteiger partial charge in [-0.2, -0.15) is 0 Å².